The summed E-state index contributed by atoms with van der Waals surface area (Å²) in [5, 5.41) is 0. The van der Waals surface area contributed by atoms with E-state index in [0.29, 0.717) is 18.7 Å². The first-order valence-corrected chi connectivity index (χ1v) is 6.19. The maximum Gasteiger partial charge on any atom is 0.315 e. The highest BCUT2D eigenvalue weighted by atomic mass is 79.9. The molecule has 1 aromatic heterocycles. The Morgan fingerprint density at radius 3 is 3.00 bits per heavy atom. The number of nitrogens with zero attached hydrogens (tertiary/aromatic N) is 2. The lowest BCUT2D eigenvalue weighted by Gasteiger charge is -2.16. The Hall–Kier alpha value is -1.24. The van der Waals surface area contributed by atoms with Gasteiger partial charge in [0.05, 0.1) is 12.7 Å². The van der Waals surface area contributed by atoms with E-state index in [9.17, 15) is 13.6 Å². The van der Waals surface area contributed by atoms with Crippen LogP contribution >= 0.6 is 15.9 Å². The third-order valence-electron chi connectivity index (χ3n) is 2.63. The highest BCUT2D eigenvalue weighted by Crippen LogP contribution is 2.21. The number of pyridine rings is 1. The van der Waals surface area contributed by atoms with E-state index in [1.165, 1.54) is 0 Å². The molecule has 1 aromatic rings. The smallest absolute Gasteiger partial charge is 0.315 e. The van der Waals surface area contributed by atoms with Crippen LogP contribution in [0.25, 0.3) is 0 Å². The number of aromatic nitrogens is 1. The molecule has 4 nitrogen and oxygen atoms in total. The molecule has 98 valence electrons. The molecule has 0 saturated carbocycles. The number of amides is 1. The molecular weight excluding hydrogens is 310 g/mol. The minimum Gasteiger partial charge on any atom is -0.487 e. The fraction of sp³-hybridized carbons (Fsp3) is 0.455. The highest BCUT2D eigenvalue weighted by Gasteiger charge is 2.31. The molecule has 0 radical (unpaired) electrons. The molecule has 2 rings (SSSR count). The molecule has 1 amide bonds. The fourth-order valence-electron chi connectivity index (χ4n) is 1.81. The molecule has 1 fully saturated rings. The number of carbonyl (C=O) groups is 1. The summed E-state index contributed by atoms with van der Waals surface area (Å²) in [6.45, 7) is 0.491. The van der Waals surface area contributed by atoms with Crippen LogP contribution in [0, 0.1) is 0 Å². The van der Waals surface area contributed by atoms with Crippen molar-refractivity contribution in [3.63, 3.8) is 0 Å². The summed E-state index contributed by atoms with van der Waals surface area (Å²) in [4.78, 5) is 16.2. The van der Waals surface area contributed by atoms with Crippen LogP contribution < -0.4 is 4.74 Å². The van der Waals surface area contributed by atoms with Gasteiger partial charge < -0.3 is 9.64 Å². The van der Waals surface area contributed by atoms with E-state index >= 15 is 0 Å². The lowest BCUT2D eigenvalue weighted by molar-refractivity contribution is -0.141. The molecule has 1 aliphatic heterocycles. The number of hydrogen-bond acceptors (Lipinski definition) is 3. The number of likely N-dealkylation sites (tertiary alicyclic amines) is 1. The number of hydrogen-bond donors (Lipinski definition) is 0. The van der Waals surface area contributed by atoms with Crippen LogP contribution in [-0.4, -0.2) is 41.4 Å². The average molecular weight is 321 g/mol. The largest absolute Gasteiger partial charge is 0.487 e. The molecule has 7 heteroatoms. The zero-order valence-corrected chi connectivity index (χ0v) is 10.9. The van der Waals surface area contributed by atoms with Crippen molar-refractivity contribution in [1.82, 2.24) is 9.88 Å². The summed E-state index contributed by atoms with van der Waals surface area (Å²) in [6.07, 6.45) is 0.502. The Labute approximate surface area is 111 Å². The monoisotopic (exact) mass is 320 g/mol. The van der Waals surface area contributed by atoms with Crippen molar-refractivity contribution < 1.29 is 18.3 Å². The molecule has 0 N–H and O–H groups in total. The van der Waals surface area contributed by atoms with E-state index in [-0.39, 0.29) is 12.6 Å². The zero-order valence-electron chi connectivity index (χ0n) is 9.35. The number of halogens is 3. The predicted molar refractivity (Wildman–Crippen MR) is 63.6 cm³/mol. The van der Waals surface area contributed by atoms with Crippen molar-refractivity contribution in [2.75, 3.05) is 13.1 Å². The van der Waals surface area contributed by atoms with E-state index in [0.717, 1.165) is 9.37 Å². The fourth-order valence-corrected chi connectivity index (χ4v) is 2.16. The minimum atomic E-state index is -2.95. The summed E-state index contributed by atoms with van der Waals surface area (Å²) in [6, 6.07) is 1.74. The standard InChI is InChI=1S/C11H11BrF2N2O2/c12-7-3-9(5-15-4-7)18-8-1-2-16(6-8)11(17)10(13)14/h3-5,8,10H,1-2,6H2/t8-/m0/s1. The average Bonchev–Trinajstić information content (AvgIpc) is 2.76. The lowest BCUT2D eigenvalue weighted by Crippen LogP contribution is -2.35. The van der Waals surface area contributed by atoms with Crippen LogP contribution in [0.3, 0.4) is 0 Å². The van der Waals surface area contributed by atoms with Crippen LogP contribution in [0.5, 0.6) is 5.75 Å². The van der Waals surface area contributed by atoms with Crippen LogP contribution in [0.4, 0.5) is 8.78 Å². The van der Waals surface area contributed by atoms with Crippen LogP contribution in [0.15, 0.2) is 22.9 Å². The van der Waals surface area contributed by atoms with Gasteiger partial charge in [0.1, 0.15) is 11.9 Å². The van der Waals surface area contributed by atoms with Gasteiger partial charge in [0, 0.05) is 23.6 Å². The van der Waals surface area contributed by atoms with Gasteiger partial charge in [0.25, 0.3) is 5.91 Å². The first kappa shape index (κ1) is 13.2. The lowest BCUT2D eigenvalue weighted by atomic mass is 10.3. The highest BCUT2D eigenvalue weighted by molar-refractivity contribution is 9.10. The molecule has 0 bridgehead atoms. The molecular formula is C11H11BrF2N2O2. The van der Waals surface area contributed by atoms with Gasteiger partial charge in [0.2, 0.25) is 0 Å². The van der Waals surface area contributed by atoms with E-state index < -0.39 is 12.3 Å². The van der Waals surface area contributed by atoms with Crippen LogP contribution in [0.1, 0.15) is 6.42 Å². The summed E-state index contributed by atoms with van der Waals surface area (Å²) >= 11 is 3.26. The van der Waals surface area contributed by atoms with E-state index in [4.69, 9.17) is 4.74 Å². The Morgan fingerprint density at radius 2 is 2.33 bits per heavy atom. The van der Waals surface area contributed by atoms with Gasteiger partial charge >= 0.3 is 6.43 Å². The van der Waals surface area contributed by atoms with Crippen molar-refractivity contribution >= 4 is 21.8 Å². The Bertz CT molecular complexity index is 445. The SMILES string of the molecule is O=C(C(F)F)N1CC[C@H](Oc2cncc(Br)c2)C1. The predicted octanol–water partition coefficient (Wildman–Crippen LogP) is 2.09. The van der Waals surface area contributed by atoms with Crippen molar-refractivity contribution in [2.24, 2.45) is 0 Å². The van der Waals surface area contributed by atoms with Gasteiger partial charge in [0.15, 0.2) is 0 Å². The summed E-state index contributed by atoms with van der Waals surface area (Å²) < 4.78 is 30.8. The Balaban J connectivity index is 1.92. The number of carbonyl (C=O) groups excluding carboxylic acids is 1. The summed E-state index contributed by atoms with van der Waals surface area (Å²) in [5.41, 5.74) is 0. The molecule has 0 aliphatic carbocycles. The maximum atomic E-state index is 12.2. The molecule has 1 atom stereocenters. The normalized spacial score (nSPS) is 19.3. The zero-order chi connectivity index (χ0) is 13.1. The number of rotatable bonds is 3. The molecule has 1 aliphatic rings. The Kier molecular flexibility index (Phi) is 4.11. The molecule has 0 spiro atoms. The summed E-state index contributed by atoms with van der Waals surface area (Å²) in [7, 11) is 0. The van der Waals surface area contributed by atoms with Gasteiger partial charge in [-0.15, -0.1) is 0 Å². The first-order chi connectivity index (χ1) is 8.56. The second kappa shape index (κ2) is 5.60. The van der Waals surface area contributed by atoms with Crippen molar-refractivity contribution in [1.29, 1.82) is 0 Å². The quantitative estimate of drug-likeness (QED) is 0.856. The third-order valence-corrected chi connectivity index (χ3v) is 3.06. The molecule has 18 heavy (non-hydrogen) atoms. The van der Waals surface area contributed by atoms with E-state index in [2.05, 4.69) is 20.9 Å². The van der Waals surface area contributed by atoms with Gasteiger partial charge in [-0.25, -0.2) is 0 Å². The molecule has 0 unspecified atom stereocenters. The first-order valence-electron chi connectivity index (χ1n) is 5.40. The minimum absolute atomic E-state index is 0.190. The third kappa shape index (κ3) is 3.16. The maximum absolute atomic E-state index is 12.2. The van der Waals surface area contributed by atoms with Crippen LogP contribution in [0.2, 0.25) is 0 Å². The number of ether oxygens (including phenoxy) is 1. The molecule has 2 heterocycles. The molecule has 1 saturated heterocycles. The van der Waals surface area contributed by atoms with Gasteiger partial charge in [-0.1, -0.05) is 0 Å². The van der Waals surface area contributed by atoms with Gasteiger partial charge in [-0.05, 0) is 22.0 Å². The van der Waals surface area contributed by atoms with Crippen LogP contribution in [-0.2, 0) is 4.79 Å². The Morgan fingerprint density at radius 1 is 1.56 bits per heavy atom. The van der Waals surface area contributed by atoms with E-state index in [1.54, 1.807) is 18.5 Å². The van der Waals surface area contributed by atoms with Crippen molar-refractivity contribution in [2.45, 2.75) is 19.0 Å². The topological polar surface area (TPSA) is 42.4 Å². The molecule has 0 aromatic carbocycles. The van der Waals surface area contributed by atoms with Crippen molar-refractivity contribution in [3.8, 4) is 5.75 Å². The van der Waals surface area contributed by atoms with E-state index in [1.807, 2.05) is 0 Å². The summed E-state index contributed by atoms with van der Waals surface area (Å²) in [5.74, 6) is -0.575. The number of alkyl halides is 2. The van der Waals surface area contributed by atoms with Gasteiger partial charge in [-0.3, -0.25) is 9.78 Å². The second-order valence-electron chi connectivity index (χ2n) is 3.95. The van der Waals surface area contributed by atoms with Crippen molar-refractivity contribution in [3.05, 3.63) is 22.9 Å². The second-order valence-corrected chi connectivity index (χ2v) is 4.87. The van der Waals surface area contributed by atoms with Gasteiger partial charge in [-0.2, -0.15) is 8.78 Å².